The second-order valence-electron chi connectivity index (χ2n) is 6.40. The lowest BCUT2D eigenvalue weighted by molar-refractivity contribution is 0.0946. The average molecular weight is 366 g/mol. The van der Waals surface area contributed by atoms with E-state index in [0.29, 0.717) is 25.5 Å². The second kappa shape index (κ2) is 7.67. The summed E-state index contributed by atoms with van der Waals surface area (Å²) in [4.78, 5) is 22.5. The molecule has 0 saturated carbocycles. The van der Waals surface area contributed by atoms with Crippen LogP contribution in [0, 0.1) is 0 Å². The number of nitrogens with one attached hydrogen (secondary N) is 2. The predicted molar refractivity (Wildman–Crippen MR) is 103 cm³/mol. The van der Waals surface area contributed by atoms with Gasteiger partial charge in [-0.15, -0.1) is 0 Å². The van der Waals surface area contributed by atoms with Crippen LogP contribution < -0.4 is 15.0 Å². The van der Waals surface area contributed by atoms with Crippen molar-refractivity contribution in [2.45, 2.75) is 6.54 Å². The average Bonchev–Trinajstić information content (AvgIpc) is 3.16. The van der Waals surface area contributed by atoms with Crippen LogP contribution in [-0.4, -0.2) is 49.3 Å². The quantitative estimate of drug-likeness (QED) is 0.725. The molecule has 7 nitrogen and oxygen atoms in total. The number of methoxy groups -OCH3 is 1. The molecule has 0 unspecified atom stereocenters. The Balaban J connectivity index is 1.48. The number of ether oxygens (including phenoxy) is 2. The fraction of sp³-hybridized carbons (Fsp3) is 0.300. The Hall–Kier alpha value is -3.06. The zero-order valence-corrected chi connectivity index (χ0v) is 15.2. The lowest BCUT2D eigenvalue weighted by Gasteiger charge is -2.29. The minimum atomic E-state index is -0.151. The molecule has 1 saturated heterocycles. The number of nitrogens with zero attached hydrogens (tertiary/aromatic N) is 2. The molecule has 0 radical (unpaired) electrons. The molecule has 1 aliphatic heterocycles. The Morgan fingerprint density at radius 3 is 2.96 bits per heavy atom. The van der Waals surface area contributed by atoms with Crippen LogP contribution in [0.3, 0.4) is 0 Å². The predicted octanol–water partition coefficient (Wildman–Crippen LogP) is 2.34. The van der Waals surface area contributed by atoms with Gasteiger partial charge in [0, 0.05) is 48.4 Å². The van der Waals surface area contributed by atoms with Crippen molar-refractivity contribution in [2.75, 3.05) is 38.3 Å². The molecule has 1 aromatic carbocycles. The van der Waals surface area contributed by atoms with E-state index in [1.165, 1.54) is 0 Å². The van der Waals surface area contributed by atoms with Gasteiger partial charge in [-0.1, -0.05) is 6.07 Å². The standard InChI is InChI=1S/C20H22N4O3/c1-26-16-5-4-14-11-18(23-17(14)12-16)20(25)22-13-15-3-2-6-21-19(15)24-7-9-27-10-8-24/h2-6,11-12,23H,7-10,13H2,1H3,(H,22,25). The third kappa shape index (κ3) is 3.73. The molecule has 2 N–H and O–H groups in total. The van der Waals surface area contributed by atoms with Gasteiger partial charge in [-0.3, -0.25) is 4.79 Å². The molecule has 0 aliphatic carbocycles. The summed E-state index contributed by atoms with van der Waals surface area (Å²) in [6.45, 7) is 3.42. The molecule has 27 heavy (non-hydrogen) atoms. The highest BCUT2D eigenvalue weighted by Crippen LogP contribution is 2.22. The minimum Gasteiger partial charge on any atom is -0.497 e. The number of amides is 1. The molecule has 7 heteroatoms. The highest BCUT2D eigenvalue weighted by atomic mass is 16.5. The van der Waals surface area contributed by atoms with E-state index in [9.17, 15) is 4.79 Å². The van der Waals surface area contributed by atoms with Crippen molar-refractivity contribution in [3.8, 4) is 5.75 Å². The van der Waals surface area contributed by atoms with E-state index < -0.39 is 0 Å². The molecule has 4 rings (SSSR count). The summed E-state index contributed by atoms with van der Waals surface area (Å²) in [5.74, 6) is 1.51. The van der Waals surface area contributed by atoms with Crippen molar-refractivity contribution >= 4 is 22.6 Å². The first kappa shape index (κ1) is 17.4. The number of morpholine rings is 1. The molecular formula is C20H22N4O3. The van der Waals surface area contributed by atoms with Gasteiger partial charge in [-0.05, 0) is 24.3 Å². The van der Waals surface area contributed by atoms with Crippen LogP contribution in [0.15, 0.2) is 42.6 Å². The normalized spacial score (nSPS) is 14.3. The van der Waals surface area contributed by atoms with E-state index in [1.807, 2.05) is 36.4 Å². The van der Waals surface area contributed by atoms with Gasteiger partial charge in [0.1, 0.15) is 17.3 Å². The molecule has 1 amide bonds. The Morgan fingerprint density at radius 1 is 1.30 bits per heavy atom. The van der Waals surface area contributed by atoms with Gasteiger partial charge in [0.15, 0.2) is 0 Å². The number of rotatable bonds is 5. The fourth-order valence-electron chi connectivity index (χ4n) is 3.25. The summed E-state index contributed by atoms with van der Waals surface area (Å²) in [5, 5.41) is 3.95. The molecule has 1 aliphatic rings. The fourth-order valence-corrected chi connectivity index (χ4v) is 3.25. The van der Waals surface area contributed by atoms with Crippen molar-refractivity contribution in [2.24, 2.45) is 0 Å². The number of aromatic amines is 1. The number of carbonyl (C=O) groups is 1. The van der Waals surface area contributed by atoms with Crippen LogP contribution >= 0.6 is 0 Å². The van der Waals surface area contributed by atoms with Crippen LogP contribution in [0.4, 0.5) is 5.82 Å². The molecule has 2 aromatic heterocycles. The van der Waals surface area contributed by atoms with Crippen LogP contribution in [0.5, 0.6) is 5.75 Å². The Morgan fingerprint density at radius 2 is 2.15 bits per heavy atom. The van der Waals surface area contributed by atoms with Crippen molar-refractivity contribution < 1.29 is 14.3 Å². The number of anilines is 1. The van der Waals surface area contributed by atoms with Crippen LogP contribution in [0.2, 0.25) is 0 Å². The Labute approximate surface area is 157 Å². The topological polar surface area (TPSA) is 79.5 Å². The minimum absolute atomic E-state index is 0.151. The number of aromatic nitrogens is 2. The van der Waals surface area contributed by atoms with Crippen molar-refractivity contribution in [3.05, 3.63) is 53.9 Å². The van der Waals surface area contributed by atoms with E-state index >= 15 is 0 Å². The van der Waals surface area contributed by atoms with Crippen LogP contribution in [-0.2, 0) is 11.3 Å². The summed E-state index contributed by atoms with van der Waals surface area (Å²) < 4.78 is 10.6. The first-order valence-corrected chi connectivity index (χ1v) is 8.96. The lowest BCUT2D eigenvalue weighted by Crippen LogP contribution is -2.37. The van der Waals surface area contributed by atoms with Gasteiger partial charge in [0.2, 0.25) is 0 Å². The number of hydrogen-bond donors (Lipinski definition) is 2. The largest absolute Gasteiger partial charge is 0.497 e. The molecular weight excluding hydrogens is 344 g/mol. The molecule has 1 fully saturated rings. The molecule has 0 atom stereocenters. The summed E-state index contributed by atoms with van der Waals surface area (Å²) in [5.41, 5.74) is 2.38. The van der Waals surface area contributed by atoms with E-state index in [1.54, 1.807) is 13.3 Å². The summed E-state index contributed by atoms with van der Waals surface area (Å²) in [6.07, 6.45) is 1.78. The highest BCUT2D eigenvalue weighted by Gasteiger charge is 2.17. The third-order valence-electron chi connectivity index (χ3n) is 4.69. The first-order valence-electron chi connectivity index (χ1n) is 8.96. The molecule has 3 aromatic rings. The third-order valence-corrected chi connectivity index (χ3v) is 4.69. The SMILES string of the molecule is COc1ccc2cc(C(=O)NCc3cccnc3N3CCOCC3)[nH]c2c1. The van der Waals surface area contributed by atoms with Crippen LogP contribution in [0.25, 0.3) is 10.9 Å². The Kier molecular flexibility index (Phi) is 4.93. The van der Waals surface area contributed by atoms with Gasteiger partial charge >= 0.3 is 0 Å². The van der Waals surface area contributed by atoms with E-state index in [-0.39, 0.29) is 5.91 Å². The maximum atomic E-state index is 12.6. The smallest absolute Gasteiger partial charge is 0.267 e. The zero-order chi connectivity index (χ0) is 18.6. The van der Waals surface area contributed by atoms with Gasteiger partial charge < -0.3 is 24.7 Å². The first-order chi connectivity index (χ1) is 13.2. The summed E-state index contributed by atoms with van der Waals surface area (Å²) in [7, 11) is 1.62. The summed E-state index contributed by atoms with van der Waals surface area (Å²) in [6, 6.07) is 11.4. The number of hydrogen-bond acceptors (Lipinski definition) is 5. The molecule has 0 bridgehead atoms. The van der Waals surface area contributed by atoms with E-state index in [2.05, 4.69) is 20.2 Å². The van der Waals surface area contributed by atoms with Gasteiger partial charge in [0.05, 0.1) is 20.3 Å². The van der Waals surface area contributed by atoms with Crippen molar-refractivity contribution in [1.82, 2.24) is 15.3 Å². The molecule has 3 heterocycles. The number of fused-ring (bicyclic) bond motifs is 1. The zero-order valence-electron chi connectivity index (χ0n) is 15.2. The highest BCUT2D eigenvalue weighted by molar-refractivity contribution is 5.98. The van der Waals surface area contributed by atoms with Crippen molar-refractivity contribution in [1.29, 1.82) is 0 Å². The van der Waals surface area contributed by atoms with E-state index in [4.69, 9.17) is 9.47 Å². The summed E-state index contributed by atoms with van der Waals surface area (Å²) >= 11 is 0. The van der Waals surface area contributed by atoms with Gasteiger partial charge in [-0.25, -0.2) is 4.98 Å². The molecule has 0 spiro atoms. The van der Waals surface area contributed by atoms with Crippen LogP contribution in [0.1, 0.15) is 16.1 Å². The lowest BCUT2D eigenvalue weighted by atomic mass is 10.2. The van der Waals surface area contributed by atoms with Crippen molar-refractivity contribution in [3.63, 3.8) is 0 Å². The number of pyridine rings is 1. The second-order valence-corrected chi connectivity index (χ2v) is 6.40. The van der Waals surface area contributed by atoms with Gasteiger partial charge in [-0.2, -0.15) is 0 Å². The Bertz CT molecular complexity index is 947. The number of carbonyl (C=O) groups excluding carboxylic acids is 1. The maximum absolute atomic E-state index is 12.6. The number of H-pyrrole nitrogens is 1. The maximum Gasteiger partial charge on any atom is 0.267 e. The molecule has 140 valence electrons. The number of benzene rings is 1. The monoisotopic (exact) mass is 366 g/mol. The van der Waals surface area contributed by atoms with Gasteiger partial charge in [0.25, 0.3) is 5.91 Å². The van der Waals surface area contributed by atoms with E-state index in [0.717, 1.165) is 41.1 Å².